The number of nitriles is 1. The summed E-state index contributed by atoms with van der Waals surface area (Å²) in [5.74, 6) is 0.532. The van der Waals surface area contributed by atoms with Gasteiger partial charge in [-0.1, -0.05) is 0 Å². The highest BCUT2D eigenvalue weighted by Gasteiger charge is 2.23. The van der Waals surface area contributed by atoms with Crippen LogP contribution < -0.4 is 15.8 Å². The Kier molecular flexibility index (Phi) is 2.57. The van der Waals surface area contributed by atoms with Gasteiger partial charge in [0.25, 0.3) is 0 Å². The third kappa shape index (κ3) is 1.75. The zero-order valence-corrected chi connectivity index (χ0v) is 11.0. The van der Waals surface area contributed by atoms with E-state index in [1.165, 1.54) is 13.1 Å². The molecule has 2 aromatic rings. The van der Waals surface area contributed by atoms with Crippen LogP contribution in [0.1, 0.15) is 12.5 Å². The molecule has 0 radical (unpaired) electrons. The molecule has 2 N–H and O–H groups in total. The van der Waals surface area contributed by atoms with E-state index >= 15 is 0 Å². The molecule has 3 rings (SSSR count). The smallest absolute Gasteiger partial charge is 0.221 e. The van der Waals surface area contributed by atoms with Gasteiger partial charge in [-0.2, -0.15) is 10.4 Å². The van der Waals surface area contributed by atoms with E-state index in [9.17, 15) is 4.79 Å². The van der Waals surface area contributed by atoms with Gasteiger partial charge in [-0.3, -0.25) is 15.2 Å². The summed E-state index contributed by atoms with van der Waals surface area (Å²) in [6.07, 6.45) is 1.52. The highest BCUT2D eigenvalue weighted by molar-refractivity contribution is 5.90. The van der Waals surface area contributed by atoms with E-state index in [2.05, 4.69) is 21.9 Å². The van der Waals surface area contributed by atoms with Crippen molar-refractivity contribution < 1.29 is 4.79 Å². The Bertz CT molecular complexity index is 742. The van der Waals surface area contributed by atoms with Crippen molar-refractivity contribution in [2.24, 2.45) is 0 Å². The number of hydrogen-bond acceptors (Lipinski definition) is 5. The number of nitrogens with one attached hydrogen (secondary N) is 2. The molecule has 20 heavy (non-hydrogen) atoms. The molecule has 0 unspecified atom stereocenters. The first-order valence-electron chi connectivity index (χ1n) is 6.00. The largest absolute Gasteiger partial charge is 0.326 e. The zero-order chi connectivity index (χ0) is 14.3. The molecule has 0 spiro atoms. The van der Waals surface area contributed by atoms with E-state index < -0.39 is 0 Å². The van der Waals surface area contributed by atoms with Crippen LogP contribution in [-0.2, 0) is 4.79 Å². The van der Waals surface area contributed by atoms with E-state index in [1.54, 1.807) is 15.8 Å². The van der Waals surface area contributed by atoms with Crippen LogP contribution in [0.4, 0.5) is 17.2 Å². The molecular weight excluding hydrogens is 256 g/mol. The molecule has 7 heteroatoms. The third-order valence-electron chi connectivity index (χ3n) is 3.02. The van der Waals surface area contributed by atoms with Crippen LogP contribution >= 0.6 is 0 Å². The molecule has 0 bridgehead atoms. The molecule has 1 aromatic carbocycles. The number of hydrazine groups is 1. The molecule has 1 aromatic heterocycles. The Balaban J connectivity index is 2.15. The van der Waals surface area contributed by atoms with Crippen LogP contribution in [0, 0.1) is 11.3 Å². The Hall–Kier alpha value is -3.01. The fraction of sp³-hybridized carbons (Fsp3) is 0.154. The second-order valence-corrected chi connectivity index (χ2v) is 4.49. The highest BCUT2D eigenvalue weighted by Crippen LogP contribution is 2.34. The number of anilines is 3. The molecule has 1 aliphatic rings. The van der Waals surface area contributed by atoms with Crippen LogP contribution in [0.3, 0.4) is 0 Å². The number of aromatic nitrogens is 2. The minimum atomic E-state index is -0.135. The monoisotopic (exact) mass is 268 g/mol. The van der Waals surface area contributed by atoms with Gasteiger partial charge < -0.3 is 5.32 Å². The van der Waals surface area contributed by atoms with Crippen molar-refractivity contribution in [2.45, 2.75) is 6.92 Å². The molecule has 7 nitrogen and oxygen atoms in total. The first-order valence-corrected chi connectivity index (χ1v) is 6.00. The molecule has 0 fully saturated rings. The van der Waals surface area contributed by atoms with Crippen molar-refractivity contribution in [3.8, 4) is 11.8 Å². The van der Waals surface area contributed by atoms with Gasteiger partial charge in [-0.05, 0) is 18.2 Å². The first-order chi connectivity index (χ1) is 9.60. The molecule has 0 saturated heterocycles. The van der Waals surface area contributed by atoms with Gasteiger partial charge in [0.15, 0.2) is 5.82 Å². The van der Waals surface area contributed by atoms with Crippen LogP contribution in [0.15, 0.2) is 24.4 Å². The predicted octanol–water partition coefficient (Wildman–Crippen LogP) is 1.48. The Morgan fingerprint density at radius 1 is 1.50 bits per heavy atom. The number of rotatable bonds is 1. The van der Waals surface area contributed by atoms with Crippen molar-refractivity contribution >= 4 is 23.1 Å². The number of nitrogens with zero attached hydrogens (tertiary/aromatic N) is 4. The van der Waals surface area contributed by atoms with Crippen molar-refractivity contribution in [1.82, 2.24) is 9.78 Å². The highest BCUT2D eigenvalue weighted by atomic mass is 16.1. The number of amides is 1. The molecule has 2 heterocycles. The summed E-state index contributed by atoms with van der Waals surface area (Å²) >= 11 is 0. The van der Waals surface area contributed by atoms with Gasteiger partial charge in [0.2, 0.25) is 5.91 Å². The summed E-state index contributed by atoms with van der Waals surface area (Å²) in [6, 6.07) is 7.58. The standard InChI is InChI=1S/C13H12N6O/c1-8(20)16-10-3-4-11-12(5-10)19-13(18(2)17-11)9(6-14)7-15-19/h3-5,7,17H,1-2H3,(H,16,20). The number of carbonyl (C=O) groups excluding carboxylic acids is 1. The minimum Gasteiger partial charge on any atom is -0.326 e. The topological polar surface area (TPSA) is 86.0 Å². The van der Waals surface area contributed by atoms with Gasteiger partial charge >= 0.3 is 0 Å². The molecule has 1 amide bonds. The Morgan fingerprint density at radius 3 is 3.00 bits per heavy atom. The van der Waals surface area contributed by atoms with Gasteiger partial charge in [-0.15, -0.1) is 0 Å². The van der Waals surface area contributed by atoms with Gasteiger partial charge in [-0.25, -0.2) is 4.68 Å². The molecule has 1 aliphatic heterocycles. The number of hydrogen-bond donors (Lipinski definition) is 2. The normalized spacial score (nSPS) is 11.9. The fourth-order valence-corrected chi connectivity index (χ4v) is 2.24. The molecule has 0 saturated carbocycles. The molecule has 0 aliphatic carbocycles. The summed E-state index contributed by atoms with van der Waals surface area (Å²) in [4.78, 5) is 11.1. The maximum atomic E-state index is 11.1. The van der Waals surface area contributed by atoms with Crippen molar-refractivity contribution in [2.75, 3.05) is 22.8 Å². The molecule has 0 atom stereocenters. The summed E-state index contributed by atoms with van der Waals surface area (Å²) < 4.78 is 1.68. The molecule has 100 valence electrons. The van der Waals surface area contributed by atoms with E-state index in [-0.39, 0.29) is 5.91 Å². The van der Waals surface area contributed by atoms with Crippen molar-refractivity contribution in [3.63, 3.8) is 0 Å². The summed E-state index contributed by atoms with van der Waals surface area (Å²) in [5, 5.41) is 17.8. The van der Waals surface area contributed by atoms with Crippen LogP contribution in [-0.4, -0.2) is 22.7 Å². The second-order valence-electron chi connectivity index (χ2n) is 4.49. The SMILES string of the molecule is CC(=O)Nc1ccc2c(c1)-n1ncc(C#N)c1N(C)N2. The number of benzene rings is 1. The lowest BCUT2D eigenvalue weighted by Crippen LogP contribution is -2.32. The maximum absolute atomic E-state index is 11.1. The van der Waals surface area contributed by atoms with Gasteiger partial charge in [0.1, 0.15) is 11.6 Å². The summed E-state index contributed by atoms with van der Waals surface area (Å²) in [5.41, 5.74) is 5.96. The lowest BCUT2D eigenvalue weighted by molar-refractivity contribution is -0.114. The summed E-state index contributed by atoms with van der Waals surface area (Å²) in [7, 11) is 1.82. The Labute approximate surface area is 115 Å². The lowest BCUT2D eigenvalue weighted by Gasteiger charge is -2.29. The third-order valence-corrected chi connectivity index (χ3v) is 3.02. The van der Waals surface area contributed by atoms with Crippen LogP contribution in [0.25, 0.3) is 5.69 Å². The molecular formula is C13H12N6O. The van der Waals surface area contributed by atoms with Gasteiger partial charge in [0.05, 0.1) is 17.6 Å². The van der Waals surface area contributed by atoms with E-state index in [0.717, 1.165) is 11.4 Å². The lowest BCUT2D eigenvalue weighted by atomic mass is 10.2. The maximum Gasteiger partial charge on any atom is 0.221 e. The second kappa shape index (κ2) is 4.28. The minimum absolute atomic E-state index is 0.135. The average Bonchev–Trinajstić information content (AvgIpc) is 2.83. The fourth-order valence-electron chi connectivity index (χ4n) is 2.24. The summed E-state index contributed by atoms with van der Waals surface area (Å²) in [6.45, 7) is 1.46. The van der Waals surface area contributed by atoms with Crippen molar-refractivity contribution in [1.29, 1.82) is 5.26 Å². The van der Waals surface area contributed by atoms with Crippen LogP contribution in [0.2, 0.25) is 0 Å². The van der Waals surface area contributed by atoms with E-state index in [0.29, 0.717) is 17.1 Å². The first kappa shape index (κ1) is 12.0. The quantitative estimate of drug-likeness (QED) is 0.818. The Morgan fingerprint density at radius 2 is 2.30 bits per heavy atom. The average molecular weight is 268 g/mol. The number of carbonyl (C=O) groups is 1. The predicted molar refractivity (Wildman–Crippen MR) is 74.6 cm³/mol. The zero-order valence-electron chi connectivity index (χ0n) is 11.0. The van der Waals surface area contributed by atoms with E-state index in [4.69, 9.17) is 5.26 Å². The van der Waals surface area contributed by atoms with E-state index in [1.807, 2.05) is 19.2 Å². The van der Waals surface area contributed by atoms with Gasteiger partial charge in [0, 0.05) is 19.7 Å². The number of fused-ring (bicyclic) bond motifs is 3. The van der Waals surface area contributed by atoms with Crippen molar-refractivity contribution in [3.05, 3.63) is 30.0 Å². The van der Waals surface area contributed by atoms with Crippen LogP contribution in [0.5, 0.6) is 0 Å².